The summed E-state index contributed by atoms with van der Waals surface area (Å²) >= 11 is 0. The fourth-order valence-corrected chi connectivity index (χ4v) is 2.65. The number of aryl methyl sites for hydroxylation is 2. The Bertz CT molecular complexity index is 570. The Morgan fingerprint density at radius 2 is 1.90 bits per heavy atom. The van der Waals surface area contributed by atoms with E-state index in [0.717, 1.165) is 11.1 Å². The van der Waals surface area contributed by atoms with Crippen molar-refractivity contribution < 1.29 is 17.9 Å². The SMILES string of the molecule is COCC(=O)NCCNS(=O)(=O)c1ccc(C)c(C)c1. The Kier molecular flexibility index (Phi) is 6.12. The van der Waals surface area contributed by atoms with E-state index >= 15 is 0 Å². The van der Waals surface area contributed by atoms with Crippen molar-refractivity contribution in [2.45, 2.75) is 18.7 Å². The summed E-state index contributed by atoms with van der Waals surface area (Å²) in [7, 11) is -2.12. The molecule has 20 heavy (non-hydrogen) atoms. The number of benzene rings is 1. The topological polar surface area (TPSA) is 84.5 Å². The third-order valence-electron chi connectivity index (χ3n) is 2.80. The minimum Gasteiger partial charge on any atom is -0.375 e. The van der Waals surface area contributed by atoms with Crippen LogP contribution in [0, 0.1) is 13.8 Å². The monoisotopic (exact) mass is 300 g/mol. The average molecular weight is 300 g/mol. The largest absolute Gasteiger partial charge is 0.375 e. The van der Waals surface area contributed by atoms with Crippen molar-refractivity contribution in [3.8, 4) is 0 Å². The Labute approximate surface area is 119 Å². The molecule has 2 N–H and O–H groups in total. The van der Waals surface area contributed by atoms with Crippen LogP contribution in [0.4, 0.5) is 0 Å². The van der Waals surface area contributed by atoms with Crippen LogP contribution in [-0.2, 0) is 19.6 Å². The van der Waals surface area contributed by atoms with Gasteiger partial charge in [0, 0.05) is 20.2 Å². The Morgan fingerprint density at radius 3 is 2.50 bits per heavy atom. The van der Waals surface area contributed by atoms with Crippen LogP contribution in [0.25, 0.3) is 0 Å². The van der Waals surface area contributed by atoms with Crippen LogP contribution in [0.1, 0.15) is 11.1 Å². The first-order chi connectivity index (χ1) is 9.36. The molecule has 0 spiro atoms. The van der Waals surface area contributed by atoms with Gasteiger partial charge in [-0.05, 0) is 37.1 Å². The maximum absolute atomic E-state index is 12.0. The van der Waals surface area contributed by atoms with Crippen LogP contribution in [0.5, 0.6) is 0 Å². The summed E-state index contributed by atoms with van der Waals surface area (Å²) in [4.78, 5) is 11.3. The van der Waals surface area contributed by atoms with E-state index in [4.69, 9.17) is 0 Å². The Balaban J connectivity index is 2.53. The molecule has 0 atom stereocenters. The van der Waals surface area contributed by atoms with Crippen molar-refractivity contribution in [3.63, 3.8) is 0 Å². The molecule has 0 heterocycles. The highest BCUT2D eigenvalue weighted by atomic mass is 32.2. The van der Waals surface area contributed by atoms with Crippen LogP contribution >= 0.6 is 0 Å². The minimum absolute atomic E-state index is 0.0378. The fraction of sp³-hybridized carbons (Fsp3) is 0.462. The Morgan fingerprint density at radius 1 is 1.20 bits per heavy atom. The van der Waals surface area contributed by atoms with Crippen LogP contribution in [0.2, 0.25) is 0 Å². The molecule has 0 aliphatic heterocycles. The lowest BCUT2D eigenvalue weighted by Crippen LogP contribution is -2.36. The summed E-state index contributed by atoms with van der Waals surface area (Å²) in [5.41, 5.74) is 1.96. The second kappa shape index (κ2) is 7.37. The molecule has 0 radical (unpaired) electrons. The minimum atomic E-state index is -3.54. The van der Waals surface area contributed by atoms with E-state index in [0.29, 0.717) is 0 Å². The third kappa shape index (κ3) is 4.92. The third-order valence-corrected chi connectivity index (χ3v) is 4.26. The van der Waals surface area contributed by atoms with Gasteiger partial charge in [0.25, 0.3) is 0 Å². The van der Waals surface area contributed by atoms with Crippen molar-refractivity contribution in [2.24, 2.45) is 0 Å². The fourth-order valence-electron chi connectivity index (χ4n) is 1.53. The predicted octanol–water partition coefficient (Wildman–Crippen LogP) is 0.344. The zero-order valence-corrected chi connectivity index (χ0v) is 12.7. The summed E-state index contributed by atoms with van der Waals surface area (Å²) in [6, 6.07) is 4.96. The molecular formula is C13H20N2O4S. The highest BCUT2D eigenvalue weighted by molar-refractivity contribution is 7.89. The summed E-state index contributed by atoms with van der Waals surface area (Å²) in [5.74, 6) is -0.280. The highest BCUT2D eigenvalue weighted by Crippen LogP contribution is 2.14. The van der Waals surface area contributed by atoms with Crippen molar-refractivity contribution in [3.05, 3.63) is 29.3 Å². The van der Waals surface area contributed by atoms with E-state index in [1.807, 2.05) is 13.8 Å². The molecule has 0 aliphatic carbocycles. The van der Waals surface area contributed by atoms with E-state index in [1.54, 1.807) is 18.2 Å². The second-order valence-electron chi connectivity index (χ2n) is 4.43. The molecule has 0 bridgehead atoms. The standard InChI is InChI=1S/C13H20N2O4S/c1-10-4-5-12(8-11(10)2)20(17,18)15-7-6-14-13(16)9-19-3/h4-5,8,15H,6-7,9H2,1-3H3,(H,14,16). The molecule has 6 nitrogen and oxygen atoms in total. The van der Waals surface area contributed by atoms with Gasteiger partial charge in [0.15, 0.2) is 0 Å². The van der Waals surface area contributed by atoms with Crippen LogP contribution in [-0.4, -0.2) is 41.1 Å². The van der Waals surface area contributed by atoms with Crippen molar-refractivity contribution in [1.29, 1.82) is 0 Å². The molecule has 1 amide bonds. The summed E-state index contributed by atoms with van der Waals surface area (Å²) in [6.45, 7) is 4.09. The molecule has 0 fully saturated rings. The van der Waals surface area contributed by atoms with Gasteiger partial charge < -0.3 is 10.1 Å². The summed E-state index contributed by atoms with van der Waals surface area (Å²) < 4.78 is 31.1. The second-order valence-corrected chi connectivity index (χ2v) is 6.19. The zero-order valence-electron chi connectivity index (χ0n) is 11.9. The molecule has 0 saturated heterocycles. The first kappa shape index (κ1) is 16.6. The quantitative estimate of drug-likeness (QED) is 0.711. The summed E-state index contributed by atoms with van der Waals surface area (Å²) in [5, 5.41) is 2.54. The number of carbonyl (C=O) groups is 1. The van der Waals surface area contributed by atoms with Gasteiger partial charge in [-0.2, -0.15) is 0 Å². The number of amides is 1. The molecular weight excluding hydrogens is 280 g/mol. The number of nitrogens with one attached hydrogen (secondary N) is 2. The van der Waals surface area contributed by atoms with Gasteiger partial charge in [-0.1, -0.05) is 6.07 Å². The van der Waals surface area contributed by atoms with Crippen molar-refractivity contribution in [2.75, 3.05) is 26.8 Å². The molecule has 0 aromatic heterocycles. The number of rotatable bonds is 7. The molecule has 0 unspecified atom stereocenters. The number of carbonyl (C=O) groups excluding carboxylic acids is 1. The van der Waals surface area contributed by atoms with E-state index < -0.39 is 10.0 Å². The number of hydrogen-bond donors (Lipinski definition) is 2. The van der Waals surface area contributed by atoms with Crippen LogP contribution < -0.4 is 10.0 Å². The number of ether oxygens (including phenoxy) is 1. The van der Waals surface area contributed by atoms with Crippen molar-refractivity contribution in [1.82, 2.24) is 10.0 Å². The molecule has 7 heteroatoms. The highest BCUT2D eigenvalue weighted by Gasteiger charge is 2.13. The van der Waals surface area contributed by atoms with E-state index in [2.05, 4.69) is 14.8 Å². The molecule has 0 aliphatic rings. The van der Waals surface area contributed by atoms with E-state index in [-0.39, 0.29) is 30.5 Å². The molecule has 0 saturated carbocycles. The number of hydrogen-bond acceptors (Lipinski definition) is 4. The van der Waals surface area contributed by atoms with Gasteiger partial charge in [-0.3, -0.25) is 4.79 Å². The zero-order chi connectivity index (χ0) is 15.2. The predicted molar refractivity (Wildman–Crippen MR) is 76.0 cm³/mol. The molecule has 1 aromatic rings. The maximum Gasteiger partial charge on any atom is 0.246 e. The molecule has 112 valence electrons. The Hall–Kier alpha value is -1.44. The van der Waals surface area contributed by atoms with E-state index in [9.17, 15) is 13.2 Å². The first-order valence-corrected chi connectivity index (χ1v) is 7.67. The van der Waals surface area contributed by atoms with Gasteiger partial charge in [0.2, 0.25) is 15.9 Å². The van der Waals surface area contributed by atoms with Gasteiger partial charge >= 0.3 is 0 Å². The molecule has 1 aromatic carbocycles. The summed E-state index contributed by atoms with van der Waals surface area (Å²) in [6.07, 6.45) is 0. The number of sulfonamides is 1. The van der Waals surface area contributed by atoms with Crippen molar-refractivity contribution >= 4 is 15.9 Å². The molecule has 1 rings (SSSR count). The average Bonchev–Trinajstić information content (AvgIpc) is 2.38. The van der Waals surface area contributed by atoms with E-state index in [1.165, 1.54) is 7.11 Å². The van der Waals surface area contributed by atoms with Gasteiger partial charge in [0.05, 0.1) is 4.90 Å². The van der Waals surface area contributed by atoms with Gasteiger partial charge in [0.1, 0.15) is 6.61 Å². The number of methoxy groups -OCH3 is 1. The van der Waals surface area contributed by atoms with Crippen LogP contribution in [0.15, 0.2) is 23.1 Å². The maximum atomic E-state index is 12.0. The lowest BCUT2D eigenvalue weighted by molar-refractivity contribution is -0.124. The van der Waals surface area contributed by atoms with Gasteiger partial charge in [-0.25, -0.2) is 13.1 Å². The lowest BCUT2D eigenvalue weighted by Gasteiger charge is -2.09. The normalized spacial score (nSPS) is 11.3. The smallest absolute Gasteiger partial charge is 0.246 e. The van der Waals surface area contributed by atoms with Gasteiger partial charge in [-0.15, -0.1) is 0 Å². The van der Waals surface area contributed by atoms with Crippen LogP contribution in [0.3, 0.4) is 0 Å². The lowest BCUT2D eigenvalue weighted by atomic mass is 10.1. The first-order valence-electron chi connectivity index (χ1n) is 6.19.